The predicted molar refractivity (Wildman–Crippen MR) is 112 cm³/mol. The first-order valence-corrected chi connectivity index (χ1v) is 12.8. The Kier molecular flexibility index (Phi) is 4.29. The summed E-state index contributed by atoms with van der Waals surface area (Å²) in [4.78, 5) is 0. The molecule has 0 bridgehead atoms. The van der Waals surface area contributed by atoms with Gasteiger partial charge in [0.2, 0.25) is 0 Å². The molecular weight excluding hydrogens is 439 g/mol. The van der Waals surface area contributed by atoms with Gasteiger partial charge < -0.3 is 28.4 Å². The first kappa shape index (κ1) is 17.2. The Labute approximate surface area is 174 Å². The molecule has 3 aromatic heterocycles. The van der Waals surface area contributed by atoms with E-state index in [0.717, 1.165) is 48.4 Å². The van der Waals surface area contributed by atoms with Crippen LogP contribution >= 0.6 is 41.9 Å². The summed E-state index contributed by atoms with van der Waals surface area (Å²) in [5.41, 5.74) is 0. The molecule has 0 radical (unpaired) electrons. The van der Waals surface area contributed by atoms with Crippen LogP contribution in [-0.2, 0) is 0 Å². The summed E-state index contributed by atoms with van der Waals surface area (Å²) in [6, 6.07) is 0. The molecular formula is C18H15O6PS3. The van der Waals surface area contributed by atoms with Crippen molar-refractivity contribution >= 4 is 55.8 Å². The monoisotopic (exact) mass is 454 g/mol. The summed E-state index contributed by atoms with van der Waals surface area (Å²) < 4.78 is 39.0. The molecule has 0 N–H and O–H groups in total. The van der Waals surface area contributed by atoms with E-state index in [9.17, 15) is 0 Å². The quantitative estimate of drug-likeness (QED) is 0.568. The van der Waals surface area contributed by atoms with Crippen LogP contribution in [0.25, 0.3) is 0 Å². The van der Waals surface area contributed by atoms with E-state index in [1.807, 2.05) is 16.1 Å². The summed E-state index contributed by atoms with van der Waals surface area (Å²) >= 11 is 5.01. The van der Waals surface area contributed by atoms with Gasteiger partial charge in [0.05, 0.1) is 13.9 Å². The van der Waals surface area contributed by atoms with Gasteiger partial charge in [-0.15, -0.1) is 34.0 Å². The highest BCUT2D eigenvalue weighted by Crippen LogP contribution is 2.54. The van der Waals surface area contributed by atoms with Gasteiger partial charge in [-0.1, -0.05) is 0 Å². The molecule has 0 spiro atoms. The minimum atomic E-state index is -0.938. The number of fused-ring (bicyclic) bond motifs is 3. The average molecular weight is 454 g/mol. The molecule has 146 valence electrons. The van der Waals surface area contributed by atoms with E-state index in [1.54, 1.807) is 34.0 Å². The Balaban J connectivity index is 1.54. The van der Waals surface area contributed by atoms with Crippen LogP contribution in [0.4, 0.5) is 0 Å². The molecule has 0 aliphatic carbocycles. The fourth-order valence-electron chi connectivity index (χ4n) is 3.29. The van der Waals surface area contributed by atoms with E-state index < -0.39 is 7.92 Å². The van der Waals surface area contributed by atoms with Gasteiger partial charge in [0.15, 0.2) is 34.5 Å². The lowest BCUT2D eigenvalue weighted by atomic mass is 10.5. The molecule has 0 unspecified atom stereocenters. The Morgan fingerprint density at radius 1 is 0.500 bits per heavy atom. The van der Waals surface area contributed by atoms with Crippen molar-refractivity contribution in [3.8, 4) is 34.5 Å². The Morgan fingerprint density at radius 2 is 0.821 bits per heavy atom. The zero-order chi connectivity index (χ0) is 18.5. The molecule has 6 rings (SSSR count). The number of ether oxygens (including phenoxy) is 6. The smallest absolute Gasteiger partial charge is 0.180 e. The molecule has 0 atom stereocenters. The highest BCUT2D eigenvalue weighted by Gasteiger charge is 2.37. The molecule has 0 aromatic carbocycles. The molecule has 0 saturated heterocycles. The fraction of sp³-hybridized carbons (Fsp3) is 0.333. The van der Waals surface area contributed by atoms with Crippen molar-refractivity contribution in [1.29, 1.82) is 0 Å². The average Bonchev–Trinajstić information content (AvgIpc) is 3.47. The zero-order valence-electron chi connectivity index (χ0n) is 14.6. The summed E-state index contributed by atoms with van der Waals surface area (Å²) in [5, 5.41) is 6.11. The minimum Gasteiger partial charge on any atom is -0.485 e. The Morgan fingerprint density at radius 3 is 1.18 bits per heavy atom. The molecule has 6 nitrogen and oxygen atoms in total. The van der Waals surface area contributed by atoms with E-state index >= 15 is 0 Å². The maximum atomic E-state index is 6.03. The second-order valence-corrected chi connectivity index (χ2v) is 11.7. The normalized spacial score (nSPS) is 17.0. The second kappa shape index (κ2) is 6.99. The van der Waals surface area contributed by atoms with Crippen LogP contribution in [0.1, 0.15) is 0 Å². The summed E-state index contributed by atoms with van der Waals surface area (Å²) in [5.74, 6) is 5.01. The van der Waals surface area contributed by atoms with Gasteiger partial charge in [0.25, 0.3) is 0 Å². The standard InChI is InChI=1S/C18H15O6PS3/c1-4-22-13-10(19-1)7-26-16(13)25(17-14-11(8-27-17)20-2-5-23-14)18-15-12(9-28-18)21-3-6-24-15/h7-9H,1-6H2. The van der Waals surface area contributed by atoms with E-state index in [1.165, 1.54) is 0 Å². The van der Waals surface area contributed by atoms with Gasteiger partial charge in [0.1, 0.15) is 39.6 Å². The predicted octanol–water partition coefficient (Wildman–Crippen LogP) is 2.94. The molecule has 28 heavy (non-hydrogen) atoms. The van der Waals surface area contributed by atoms with Crippen LogP contribution in [-0.4, -0.2) is 39.6 Å². The van der Waals surface area contributed by atoms with Crippen LogP contribution in [0.2, 0.25) is 0 Å². The molecule has 0 amide bonds. The number of thiophene rings is 3. The maximum Gasteiger partial charge on any atom is 0.180 e. The molecule has 0 fully saturated rings. The topological polar surface area (TPSA) is 55.4 Å². The summed E-state index contributed by atoms with van der Waals surface area (Å²) in [6.45, 7) is 3.42. The number of hydrogen-bond donors (Lipinski definition) is 0. The number of hydrogen-bond acceptors (Lipinski definition) is 9. The van der Waals surface area contributed by atoms with Crippen molar-refractivity contribution in [2.24, 2.45) is 0 Å². The summed E-state index contributed by atoms with van der Waals surface area (Å²) in [7, 11) is -0.938. The first-order chi connectivity index (χ1) is 13.9. The number of rotatable bonds is 3. The Bertz CT molecular complexity index is 896. The largest absolute Gasteiger partial charge is 0.485 e. The lowest BCUT2D eigenvalue weighted by molar-refractivity contribution is 0.174. The third-order valence-corrected chi connectivity index (χ3v) is 11.1. The first-order valence-electron chi connectivity index (χ1n) is 8.81. The van der Waals surface area contributed by atoms with E-state index in [2.05, 4.69) is 0 Å². The minimum absolute atomic E-state index is 0.560. The van der Waals surface area contributed by atoms with Crippen molar-refractivity contribution in [1.82, 2.24) is 0 Å². The van der Waals surface area contributed by atoms with Crippen LogP contribution in [0.15, 0.2) is 16.1 Å². The van der Waals surface area contributed by atoms with Crippen molar-refractivity contribution in [2.75, 3.05) is 39.6 Å². The third-order valence-electron chi connectivity index (χ3n) is 4.46. The van der Waals surface area contributed by atoms with Gasteiger partial charge in [-0.05, 0) is 0 Å². The maximum absolute atomic E-state index is 6.03. The van der Waals surface area contributed by atoms with Crippen LogP contribution in [0.5, 0.6) is 34.5 Å². The van der Waals surface area contributed by atoms with Gasteiger partial charge in [-0.25, -0.2) is 0 Å². The lowest BCUT2D eigenvalue weighted by Gasteiger charge is -2.24. The SMILES string of the molecule is c1sc(P(c2scc3c2OCCO3)c2scc3c2OCCO3)c2c1OCCO2. The van der Waals surface area contributed by atoms with E-state index in [-0.39, 0.29) is 0 Å². The second-order valence-electron chi connectivity index (χ2n) is 6.13. The summed E-state index contributed by atoms with van der Waals surface area (Å²) in [6.07, 6.45) is 0. The van der Waals surface area contributed by atoms with Crippen molar-refractivity contribution in [2.45, 2.75) is 0 Å². The van der Waals surface area contributed by atoms with Crippen LogP contribution in [0.3, 0.4) is 0 Å². The molecule has 6 heterocycles. The van der Waals surface area contributed by atoms with Crippen molar-refractivity contribution in [3.05, 3.63) is 16.1 Å². The molecule has 0 saturated carbocycles. The Hall–Kier alpha value is -1.67. The molecule has 3 aromatic rings. The van der Waals surface area contributed by atoms with Gasteiger partial charge in [0, 0.05) is 24.1 Å². The van der Waals surface area contributed by atoms with E-state index in [0.29, 0.717) is 39.6 Å². The molecule has 3 aliphatic rings. The van der Waals surface area contributed by atoms with Crippen molar-refractivity contribution in [3.63, 3.8) is 0 Å². The van der Waals surface area contributed by atoms with E-state index in [4.69, 9.17) is 28.4 Å². The fourth-order valence-corrected chi connectivity index (χ4v) is 10.9. The zero-order valence-corrected chi connectivity index (χ0v) is 17.9. The van der Waals surface area contributed by atoms with Gasteiger partial charge in [-0.2, -0.15) is 0 Å². The third kappa shape index (κ3) is 2.68. The highest BCUT2D eigenvalue weighted by molar-refractivity contribution is 7.91. The van der Waals surface area contributed by atoms with Crippen molar-refractivity contribution < 1.29 is 28.4 Å². The highest BCUT2D eigenvalue weighted by atomic mass is 32.1. The van der Waals surface area contributed by atoms with Gasteiger partial charge >= 0.3 is 0 Å². The molecule has 3 aliphatic heterocycles. The van der Waals surface area contributed by atoms with Gasteiger partial charge in [-0.3, -0.25) is 0 Å². The lowest BCUT2D eigenvalue weighted by Crippen LogP contribution is -2.25. The molecule has 10 heteroatoms. The van der Waals surface area contributed by atoms with Crippen LogP contribution in [0, 0.1) is 0 Å². The van der Waals surface area contributed by atoms with Crippen LogP contribution < -0.4 is 42.3 Å².